The second kappa shape index (κ2) is 8.54. The summed E-state index contributed by atoms with van der Waals surface area (Å²) < 4.78 is 0. The Bertz CT molecular complexity index is 865. The number of anilines is 1. The summed E-state index contributed by atoms with van der Waals surface area (Å²) in [4.78, 5) is 14.0. The van der Waals surface area contributed by atoms with Crippen molar-refractivity contribution in [3.63, 3.8) is 0 Å². The number of guanidine groups is 1. The van der Waals surface area contributed by atoms with Crippen LogP contribution in [0.15, 0.2) is 58.2 Å². The zero-order valence-electron chi connectivity index (χ0n) is 15.3. The molecule has 140 valence electrons. The van der Waals surface area contributed by atoms with Gasteiger partial charge in [-0.1, -0.05) is 30.3 Å². The highest BCUT2D eigenvalue weighted by molar-refractivity contribution is 7.14. The first-order valence-electron chi connectivity index (χ1n) is 9.07. The van der Waals surface area contributed by atoms with Crippen LogP contribution in [0.2, 0.25) is 0 Å². The molecule has 1 aliphatic rings. The Morgan fingerprint density at radius 3 is 2.59 bits per heavy atom. The first-order valence-corrected chi connectivity index (χ1v) is 10.8. The van der Waals surface area contributed by atoms with Gasteiger partial charge < -0.3 is 15.1 Å². The predicted molar refractivity (Wildman–Crippen MR) is 116 cm³/mol. The number of aliphatic imine (C=N–C) groups is 1. The topological polar surface area (TPSA) is 43.8 Å². The zero-order valence-corrected chi connectivity index (χ0v) is 17.0. The van der Waals surface area contributed by atoms with Gasteiger partial charge in [0.1, 0.15) is 5.01 Å². The van der Waals surface area contributed by atoms with Gasteiger partial charge in [0.2, 0.25) is 0 Å². The van der Waals surface area contributed by atoms with Crippen molar-refractivity contribution < 1.29 is 0 Å². The molecule has 0 aliphatic carbocycles. The fourth-order valence-corrected chi connectivity index (χ4v) is 4.80. The van der Waals surface area contributed by atoms with Crippen LogP contribution >= 0.6 is 22.7 Å². The Labute approximate surface area is 168 Å². The Kier molecular flexibility index (Phi) is 5.69. The van der Waals surface area contributed by atoms with Crippen molar-refractivity contribution in [2.75, 3.05) is 38.1 Å². The van der Waals surface area contributed by atoms with Crippen molar-refractivity contribution in [2.45, 2.75) is 6.54 Å². The van der Waals surface area contributed by atoms with Crippen LogP contribution in [-0.2, 0) is 6.54 Å². The minimum absolute atomic E-state index is 0.696. The van der Waals surface area contributed by atoms with Crippen molar-refractivity contribution in [2.24, 2.45) is 4.99 Å². The number of nitrogens with one attached hydrogen (secondary N) is 1. The van der Waals surface area contributed by atoms with Gasteiger partial charge in [0.15, 0.2) is 5.96 Å². The number of aromatic nitrogens is 1. The van der Waals surface area contributed by atoms with E-state index in [0.717, 1.165) is 42.8 Å². The van der Waals surface area contributed by atoms with Crippen LogP contribution in [0.1, 0.15) is 5.69 Å². The van der Waals surface area contributed by atoms with Crippen LogP contribution in [0.25, 0.3) is 10.6 Å². The van der Waals surface area contributed by atoms with Gasteiger partial charge in [-0.2, -0.15) is 0 Å². The van der Waals surface area contributed by atoms with Gasteiger partial charge in [-0.25, -0.2) is 4.98 Å². The van der Waals surface area contributed by atoms with Gasteiger partial charge in [0.25, 0.3) is 0 Å². The summed E-state index contributed by atoms with van der Waals surface area (Å²) in [5.41, 5.74) is 2.22. The SMILES string of the molecule is CN=C(NCc1csc(-c2ccccc2)n1)N1CCN(c2cccs2)CC1. The Morgan fingerprint density at radius 2 is 1.89 bits per heavy atom. The molecule has 1 fully saturated rings. The van der Waals surface area contributed by atoms with E-state index in [1.165, 1.54) is 10.6 Å². The van der Waals surface area contributed by atoms with Crippen LogP contribution in [0.5, 0.6) is 0 Å². The van der Waals surface area contributed by atoms with E-state index in [9.17, 15) is 0 Å². The van der Waals surface area contributed by atoms with Gasteiger partial charge in [-0.3, -0.25) is 4.99 Å². The van der Waals surface area contributed by atoms with E-state index in [1.54, 1.807) is 11.3 Å². The lowest BCUT2D eigenvalue weighted by Gasteiger charge is -2.36. The third kappa shape index (κ3) is 4.31. The molecule has 1 aliphatic heterocycles. The van der Waals surface area contributed by atoms with Crippen molar-refractivity contribution >= 4 is 33.6 Å². The van der Waals surface area contributed by atoms with Crippen LogP contribution in [0.3, 0.4) is 0 Å². The molecular weight excluding hydrogens is 374 g/mol. The van der Waals surface area contributed by atoms with E-state index in [-0.39, 0.29) is 0 Å². The molecule has 4 rings (SSSR count). The van der Waals surface area contributed by atoms with Crippen molar-refractivity contribution in [3.05, 3.63) is 58.9 Å². The normalized spacial score (nSPS) is 15.2. The lowest BCUT2D eigenvalue weighted by atomic mass is 10.2. The van der Waals surface area contributed by atoms with Crippen LogP contribution in [0, 0.1) is 0 Å². The summed E-state index contributed by atoms with van der Waals surface area (Å²) in [5, 5.41) is 10.2. The average Bonchev–Trinajstić information content (AvgIpc) is 3.42. The van der Waals surface area contributed by atoms with E-state index < -0.39 is 0 Å². The number of hydrogen-bond acceptors (Lipinski definition) is 5. The minimum Gasteiger partial charge on any atom is -0.360 e. The first-order chi connectivity index (χ1) is 13.3. The fourth-order valence-electron chi connectivity index (χ4n) is 3.19. The summed E-state index contributed by atoms with van der Waals surface area (Å²) in [6.07, 6.45) is 0. The number of thiophene rings is 1. The number of piperazine rings is 1. The number of benzene rings is 1. The molecule has 1 aromatic carbocycles. The number of rotatable bonds is 4. The maximum absolute atomic E-state index is 4.75. The molecule has 2 aromatic heterocycles. The average molecular weight is 398 g/mol. The molecule has 1 N–H and O–H groups in total. The van der Waals surface area contributed by atoms with Crippen LogP contribution in [-0.4, -0.2) is 49.1 Å². The molecular formula is C20H23N5S2. The summed E-state index contributed by atoms with van der Waals surface area (Å²) >= 11 is 3.49. The lowest BCUT2D eigenvalue weighted by molar-refractivity contribution is 0.373. The largest absolute Gasteiger partial charge is 0.360 e. The highest BCUT2D eigenvalue weighted by Gasteiger charge is 2.20. The number of nitrogens with zero attached hydrogens (tertiary/aromatic N) is 4. The minimum atomic E-state index is 0.696. The summed E-state index contributed by atoms with van der Waals surface area (Å²) in [6.45, 7) is 4.70. The van der Waals surface area contributed by atoms with Crippen molar-refractivity contribution in [1.82, 2.24) is 15.2 Å². The Hall–Kier alpha value is -2.38. The third-order valence-electron chi connectivity index (χ3n) is 4.61. The molecule has 0 atom stereocenters. The molecule has 0 amide bonds. The Morgan fingerprint density at radius 1 is 1.07 bits per heavy atom. The smallest absolute Gasteiger partial charge is 0.194 e. The number of thiazole rings is 1. The molecule has 5 nitrogen and oxygen atoms in total. The summed E-state index contributed by atoms with van der Waals surface area (Å²) in [7, 11) is 1.85. The van der Waals surface area contributed by atoms with Crippen LogP contribution in [0.4, 0.5) is 5.00 Å². The molecule has 0 radical (unpaired) electrons. The maximum atomic E-state index is 4.75. The van der Waals surface area contributed by atoms with Crippen molar-refractivity contribution in [3.8, 4) is 10.6 Å². The third-order valence-corrected chi connectivity index (χ3v) is 6.48. The predicted octanol–water partition coefficient (Wildman–Crippen LogP) is 3.77. The molecule has 27 heavy (non-hydrogen) atoms. The first kappa shape index (κ1) is 18.0. The molecule has 0 spiro atoms. The standard InChI is InChI=1S/C20H23N5S2/c1-21-20(25-11-9-24(10-12-25)18-8-5-13-26-18)22-14-17-15-27-19(23-17)16-6-3-2-4-7-16/h2-8,13,15H,9-12,14H2,1H3,(H,21,22). The second-order valence-corrected chi connectivity index (χ2v) is 8.12. The molecule has 3 aromatic rings. The van der Waals surface area contributed by atoms with E-state index in [2.05, 4.69) is 55.1 Å². The second-order valence-electron chi connectivity index (χ2n) is 6.34. The van der Waals surface area contributed by atoms with Crippen molar-refractivity contribution in [1.29, 1.82) is 0 Å². The van der Waals surface area contributed by atoms with E-state index in [4.69, 9.17) is 4.98 Å². The fraction of sp³-hybridized carbons (Fsp3) is 0.300. The summed E-state index contributed by atoms with van der Waals surface area (Å²) in [6, 6.07) is 14.6. The zero-order chi connectivity index (χ0) is 18.5. The molecule has 3 heterocycles. The molecule has 0 bridgehead atoms. The quantitative estimate of drug-likeness (QED) is 0.538. The van der Waals surface area contributed by atoms with Crippen LogP contribution < -0.4 is 10.2 Å². The maximum Gasteiger partial charge on any atom is 0.194 e. The van der Waals surface area contributed by atoms with E-state index in [0.29, 0.717) is 6.54 Å². The molecule has 0 unspecified atom stereocenters. The lowest BCUT2D eigenvalue weighted by Crippen LogP contribution is -2.52. The molecule has 7 heteroatoms. The number of hydrogen-bond donors (Lipinski definition) is 1. The summed E-state index contributed by atoms with van der Waals surface area (Å²) in [5.74, 6) is 0.954. The monoisotopic (exact) mass is 397 g/mol. The van der Waals surface area contributed by atoms with Gasteiger partial charge >= 0.3 is 0 Å². The van der Waals surface area contributed by atoms with Gasteiger partial charge in [0.05, 0.1) is 17.2 Å². The van der Waals surface area contributed by atoms with E-state index >= 15 is 0 Å². The van der Waals surface area contributed by atoms with Gasteiger partial charge in [-0.15, -0.1) is 22.7 Å². The van der Waals surface area contributed by atoms with Gasteiger partial charge in [0, 0.05) is 44.2 Å². The molecule has 0 saturated carbocycles. The van der Waals surface area contributed by atoms with E-state index in [1.807, 2.05) is 36.6 Å². The highest BCUT2D eigenvalue weighted by Crippen LogP contribution is 2.24. The highest BCUT2D eigenvalue weighted by atomic mass is 32.1. The Balaban J connectivity index is 1.32. The molecule has 1 saturated heterocycles. The van der Waals surface area contributed by atoms with Gasteiger partial charge in [-0.05, 0) is 17.5 Å².